The summed E-state index contributed by atoms with van der Waals surface area (Å²) in [5.74, 6) is 0.947. The lowest BCUT2D eigenvalue weighted by atomic mass is 9.92. The number of non-ortho nitro benzene ring substituents is 1. The summed E-state index contributed by atoms with van der Waals surface area (Å²) >= 11 is 0. The second-order valence-electron chi connectivity index (χ2n) is 6.74. The van der Waals surface area contributed by atoms with Gasteiger partial charge in [-0.2, -0.15) is 9.78 Å². The molecule has 0 spiro atoms. The first-order chi connectivity index (χ1) is 15.1. The number of aromatic nitrogens is 6. The van der Waals surface area contributed by atoms with Gasteiger partial charge in [0.1, 0.15) is 17.5 Å². The van der Waals surface area contributed by atoms with Crippen LogP contribution >= 0.6 is 0 Å². The molecule has 0 fully saturated rings. The number of anilines is 2. The van der Waals surface area contributed by atoms with Crippen LogP contribution in [0.25, 0.3) is 11.3 Å². The number of nitrogens with one attached hydrogen (secondary N) is 2. The summed E-state index contributed by atoms with van der Waals surface area (Å²) < 4.78 is 6.73. The fourth-order valence-electron chi connectivity index (χ4n) is 3.59. The maximum Gasteiger partial charge on any atom is 0.288 e. The molecule has 12 nitrogen and oxygen atoms in total. The first-order valence-corrected chi connectivity index (χ1v) is 9.13. The highest BCUT2D eigenvalue weighted by molar-refractivity contribution is 5.75. The minimum Gasteiger partial charge on any atom is -0.497 e. The first-order valence-electron chi connectivity index (χ1n) is 9.13. The molecule has 0 saturated carbocycles. The van der Waals surface area contributed by atoms with Crippen molar-refractivity contribution in [1.29, 1.82) is 0 Å². The molecule has 0 amide bonds. The molecule has 5 rings (SSSR count). The smallest absolute Gasteiger partial charge is 0.288 e. The third-order valence-corrected chi connectivity index (χ3v) is 5.05. The predicted octanol–water partition coefficient (Wildman–Crippen LogP) is 2.03. The van der Waals surface area contributed by atoms with Gasteiger partial charge in [-0.1, -0.05) is 5.10 Å². The van der Waals surface area contributed by atoms with Gasteiger partial charge < -0.3 is 10.1 Å². The number of nitro benzene ring substituents is 1. The van der Waals surface area contributed by atoms with E-state index in [-0.39, 0.29) is 17.3 Å². The van der Waals surface area contributed by atoms with Crippen LogP contribution in [0.1, 0.15) is 17.2 Å². The van der Waals surface area contributed by atoms with Crippen LogP contribution in [0.2, 0.25) is 0 Å². The monoisotopic (exact) mass is 418 g/mol. The number of benzene rings is 2. The van der Waals surface area contributed by atoms with Crippen LogP contribution in [0.5, 0.6) is 5.75 Å². The van der Waals surface area contributed by atoms with Crippen LogP contribution < -0.4 is 15.6 Å². The van der Waals surface area contributed by atoms with Gasteiger partial charge in [0, 0.05) is 23.3 Å². The summed E-state index contributed by atoms with van der Waals surface area (Å²) in [6.07, 6.45) is 0. The molecule has 0 radical (unpaired) electrons. The van der Waals surface area contributed by atoms with Crippen LogP contribution in [0.15, 0.2) is 53.3 Å². The molecule has 2 aromatic carbocycles. The quantitative estimate of drug-likeness (QED) is 0.329. The summed E-state index contributed by atoms with van der Waals surface area (Å²) in [5.41, 5.74) is 2.22. The van der Waals surface area contributed by atoms with E-state index in [4.69, 9.17) is 4.74 Å². The Bertz CT molecular complexity index is 1340. The Hall–Kier alpha value is -4.61. The highest BCUT2D eigenvalue weighted by Gasteiger charge is 2.34. The number of H-pyrrole nitrogens is 1. The Kier molecular flexibility index (Phi) is 4.17. The van der Waals surface area contributed by atoms with Crippen LogP contribution in [-0.2, 0) is 0 Å². The van der Waals surface area contributed by atoms with Gasteiger partial charge in [0.25, 0.3) is 11.2 Å². The topological polar surface area (TPSA) is 154 Å². The highest BCUT2D eigenvalue weighted by Crippen LogP contribution is 2.41. The third-order valence-electron chi connectivity index (χ3n) is 5.05. The number of hydrogen-bond donors (Lipinski definition) is 2. The molecule has 2 aromatic heterocycles. The van der Waals surface area contributed by atoms with Gasteiger partial charge in [-0.25, -0.2) is 5.10 Å². The summed E-state index contributed by atoms with van der Waals surface area (Å²) in [6, 6.07) is 12.6. The number of fused-ring (bicyclic) bond motifs is 2. The summed E-state index contributed by atoms with van der Waals surface area (Å²) in [5, 5.41) is 32.5. The van der Waals surface area contributed by atoms with Crippen LogP contribution in [-0.4, -0.2) is 42.4 Å². The van der Waals surface area contributed by atoms with Crippen LogP contribution in [0.4, 0.5) is 17.3 Å². The standard InChI is InChI=1S/C19H14N8O4/c1-31-13-8-4-10(5-9-13)15-14-16(18(28)22-21-15)20-19-23-24-25-26(19)17(14)11-2-6-12(7-3-11)27(29)30/h2-9,17H,1H3,(H,22,28)(H,20,23,25)/t17-/m1/s1. The third kappa shape index (κ3) is 2.97. The van der Waals surface area contributed by atoms with Crippen molar-refractivity contribution in [3.63, 3.8) is 0 Å². The Morgan fingerprint density at radius 3 is 2.55 bits per heavy atom. The van der Waals surface area contributed by atoms with Crippen molar-refractivity contribution >= 4 is 17.3 Å². The van der Waals surface area contributed by atoms with Crippen molar-refractivity contribution in [3.05, 3.63) is 80.1 Å². The molecule has 0 aliphatic carbocycles. The molecule has 1 aliphatic heterocycles. The maximum absolute atomic E-state index is 12.6. The average molecular weight is 418 g/mol. The molecule has 0 unspecified atom stereocenters. The van der Waals surface area contributed by atoms with Gasteiger partial charge in [-0.3, -0.25) is 14.9 Å². The summed E-state index contributed by atoms with van der Waals surface area (Å²) in [7, 11) is 1.57. The van der Waals surface area contributed by atoms with E-state index in [2.05, 4.69) is 31.0 Å². The average Bonchev–Trinajstić information content (AvgIpc) is 3.27. The molecule has 4 aromatic rings. The zero-order valence-electron chi connectivity index (χ0n) is 16.0. The normalized spacial score (nSPS) is 14.3. The predicted molar refractivity (Wildman–Crippen MR) is 108 cm³/mol. The van der Waals surface area contributed by atoms with E-state index in [0.29, 0.717) is 22.6 Å². The molecular formula is C19H14N8O4. The van der Waals surface area contributed by atoms with E-state index >= 15 is 0 Å². The minimum atomic E-state index is -0.631. The molecule has 3 heterocycles. The SMILES string of the molecule is COc1ccc(-c2n[nH]c(=O)c3c2[C@@H](c2ccc([N+](=O)[O-])cc2)n2nnnc2N3)cc1. The molecule has 154 valence electrons. The van der Waals surface area contributed by atoms with Crippen molar-refractivity contribution in [2.75, 3.05) is 12.4 Å². The molecule has 1 aliphatic rings. The van der Waals surface area contributed by atoms with Crippen molar-refractivity contribution in [3.8, 4) is 17.0 Å². The number of methoxy groups -OCH3 is 1. The number of hydrogen-bond acceptors (Lipinski definition) is 9. The largest absolute Gasteiger partial charge is 0.497 e. The number of tetrazole rings is 1. The Labute approximate surface area is 173 Å². The van der Waals surface area contributed by atoms with E-state index in [1.54, 1.807) is 31.4 Å². The van der Waals surface area contributed by atoms with Gasteiger partial charge in [-0.15, -0.1) is 0 Å². The zero-order chi connectivity index (χ0) is 21.5. The van der Waals surface area contributed by atoms with E-state index in [1.807, 2.05) is 12.1 Å². The lowest BCUT2D eigenvalue weighted by Crippen LogP contribution is -2.29. The Morgan fingerprint density at radius 1 is 1.13 bits per heavy atom. The molecule has 0 bridgehead atoms. The van der Waals surface area contributed by atoms with Crippen molar-refractivity contribution in [2.45, 2.75) is 6.04 Å². The van der Waals surface area contributed by atoms with E-state index in [9.17, 15) is 14.9 Å². The van der Waals surface area contributed by atoms with Crippen molar-refractivity contribution in [1.82, 2.24) is 30.4 Å². The lowest BCUT2D eigenvalue weighted by Gasteiger charge is -2.27. The number of ether oxygens (including phenoxy) is 1. The molecule has 1 atom stereocenters. The second-order valence-corrected chi connectivity index (χ2v) is 6.74. The molecule has 0 saturated heterocycles. The molecule has 31 heavy (non-hydrogen) atoms. The molecular weight excluding hydrogens is 404 g/mol. The first kappa shape index (κ1) is 18.4. The number of rotatable bonds is 4. The highest BCUT2D eigenvalue weighted by atomic mass is 16.6. The lowest BCUT2D eigenvalue weighted by molar-refractivity contribution is -0.384. The second kappa shape index (κ2) is 7.02. The van der Waals surface area contributed by atoms with Gasteiger partial charge in [0.05, 0.1) is 17.7 Å². The fourth-order valence-corrected chi connectivity index (χ4v) is 3.59. The number of nitro groups is 1. The molecule has 2 N–H and O–H groups in total. The minimum absolute atomic E-state index is 0.0470. The van der Waals surface area contributed by atoms with E-state index in [1.165, 1.54) is 16.8 Å². The summed E-state index contributed by atoms with van der Waals surface area (Å²) in [4.78, 5) is 23.2. The fraction of sp³-hybridized carbons (Fsp3) is 0.105. The van der Waals surface area contributed by atoms with E-state index in [0.717, 1.165) is 5.56 Å². The Balaban J connectivity index is 1.74. The zero-order valence-corrected chi connectivity index (χ0v) is 16.0. The van der Waals surface area contributed by atoms with Crippen LogP contribution in [0, 0.1) is 10.1 Å². The van der Waals surface area contributed by atoms with Gasteiger partial charge in [0.15, 0.2) is 0 Å². The number of aromatic amines is 1. The van der Waals surface area contributed by atoms with Gasteiger partial charge in [-0.05, 0) is 52.4 Å². The van der Waals surface area contributed by atoms with Crippen LogP contribution in [0.3, 0.4) is 0 Å². The van der Waals surface area contributed by atoms with Gasteiger partial charge in [0.2, 0.25) is 5.95 Å². The Morgan fingerprint density at radius 2 is 1.87 bits per heavy atom. The number of nitrogens with zero attached hydrogens (tertiary/aromatic N) is 6. The van der Waals surface area contributed by atoms with Crippen molar-refractivity contribution in [2.24, 2.45) is 0 Å². The van der Waals surface area contributed by atoms with Crippen molar-refractivity contribution < 1.29 is 9.66 Å². The molecule has 12 heteroatoms. The summed E-state index contributed by atoms with van der Waals surface area (Å²) in [6.45, 7) is 0. The maximum atomic E-state index is 12.6. The van der Waals surface area contributed by atoms with E-state index < -0.39 is 16.5 Å². The van der Waals surface area contributed by atoms with Gasteiger partial charge >= 0.3 is 0 Å².